The van der Waals surface area contributed by atoms with Crippen LogP contribution in [0.4, 0.5) is 0 Å². The molecule has 5 heteroatoms. The number of ether oxygens (including phenoxy) is 2. The third-order valence-corrected chi connectivity index (χ3v) is 2.94. The zero-order chi connectivity index (χ0) is 13.8. The molecule has 0 saturated carbocycles. The predicted octanol–water partition coefficient (Wildman–Crippen LogP) is 1.23. The fraction of sp³-hybridized carbons (Fsp3) is 0.286. The molecule has 0 saturated heterocycles. The molecule has 0 radical (unpaired) electrons. The smallest absolute Gasteiger partial charge is 0.374 e. The van der Waals surface area contributed by atoms with E-state index in [4.69, 9.17) is 15.2 Å². The van der Waals surface area contributed by atoms with E-state index in [-0.39, 0.29) is 12.2 Å². The largest absolute Gasteiger partial charge is 0.490 e. The van der Waals surface area contributed by atoms with E-state index in [1.807, 2.05) is 30.3 Å². The molecule has 1 aliphatic rings. The Hall–Kier alpha value is -2.30. The minimum Gasteiger partial charge on any atom is -0.490 e. The van der Waals surface area contributed by atoms with Gasteiger partial charge in [-0.3, -0.25) is 4.79 Å². The number of methoxy groups -OCH3 is 1. The van der Waals surface area contributed by atoms with Crippen LogP contribution in [-0.2, 0) is 19.1 Å². The van der Waals surface area contributed by atoms with Crippen LogP contribution in [0.5, 0.6) is 0 Å². The molecule has 1 aliphatic heterocycles. The number of hydrogen-bond donors (Lipinski definition) is 1. The number of hydrogen-bond acceptors (Lipinski definition) is 4. The lowest BCUT2D eigenvalue weighted by Gasteiger charge is -2.13. The van der Waals surface area contributed by atoms with Crippen LogP contribution in [0.3, 0.4) is 0 Å². The van der Waals surface area contributed by atoms with E-state index in [2.05, 4.69) is 0 Å². The Labute approximate surface area is 111 Å². The quantitative estimate of drug-likeness (QED) is 0.809. The zero-order valence-electron chi connectivity index (χ0n) is 10.6. The minimum absolute atomic E-state index is 0.158. The van der Waals surface area contributed by atoms with Gasteiger partial charge < -0.3 is 15.2 Å². The van der Waals surface area contributed by atoms with Crippen LogP contribution in [0.25, 0.3) is 5.57 Å². The molecule has 0 bridgehead atoms. The number of rotatable bonds is 5. The number of primary amides is 1. The number of carbonyl (C=O) groups is 2. The topological polar surface area (TPSA) is 78.6 Å². The average Bonchev–Trinajstić information content (AvgIpc) is 2.73. The van der Waals surface area contributed by atoms with E-state index >= 15 is 0 Å². The summed E-state index contributed by atoms with van der Waals surface area (Å²) in [5.41, 5.74) is 6.65. The molecule has 1 aromatic carbocycles. The second kappa shape index (κ2) is 5.56. The van der Waals surface area contributed by atoms with Gasteiger partial charge in [0.05, 0.1) is 7.11 Å². The minimum atomic E-state index is -0.504. The molecule has 5 nitrogen and oxygen atoms in total. The van der Waals surface area contributed by atoms with Crippen molar-refractivity contribution < 1.29 is 19.1 Å². The number of esters is 1. The molecular weight excluding hydrogens is 246 g/mol. The summed E-state index contributed by atoms with van der Waals surface area (Å²) in [6.07, 6.45) is 0.0287. The first kappa shape index (κ1) is 13.1. The first-order valence-corrected chi connectivity index (χ1v) is 5.96. The summed E-state index contributed by atoms with van der Waals surface area (Å²) < 4.78 is 10.4. The van der Waals surface area contributed by atoms with E-state index in [1.54, 1.807) is 0 Å². The predicted molar refractivity (Wildman–Crippen MR) is 68.7 cm³/mol. The molecule has 1 unspecified atom stereocenters. The Bertz CT molecular complexity index is 522. The van der Waals surface area contributed by atoms with Gasteiger partial charge in [0.1, 0.15) is 6.10 Å². The second-order valence-electron chi connectivity index (χ2n) is 4.21. The van der Waals surface area contributed by atoms with Gasteiger partial charge in [-0.25, -0.2) is 4.79 Å². The molecule has 1 atom stereocenters. The van der Waals surface area contributed by atoms with Crippen LogP contribution in [0.1, 0.15) is 18.4 Å². The van der Waals surface area contributed by atoms with Crippen molar-refractivity contribution in [1.29, 1.82) is 0 Å². The highest BCUT2D eigenvalue weighted by Gasteiger charge is 2.35. The molecule has 2 N–H and O–H groups in total. The van der Waals surface area contributed by atoms with Crippen LogP contribution in [-0.4, -0.2) is 25.1 Å². The first-order chi connectivity index (χ1) is 9.13. The SMILES string of the molecule is COC1=C(c2ccccc2)C(CCC(N)=O)OC1=O. The van der Waals surface area contributed by atoms with Crippen LogP contribution in [0.15, 0.2) is 36.1 Å². The summed E-state index contributed by atoms with van der Waals surface area (Å²) in [6.45, 7) is 0. The van der Waals surface area contributed by atoms with Crippen molar-refractivity contribution in [3.8, 4) is 0 Å². The van der Waals surface area contributed by atoms with Crippen molar-refractivity contribution in [2.45, 2.75) is 18.9 Å². The van der Waals surface area contributed by atoms with E-state index in [0.29, 0.717) is 12.0 Å². The van der Waals surface area contributed by atoms with Crippen molar-refractivity contribution >= 4 is 17.4 Å². The van der Waals surface area contributed by atoms with Crippen molar-refractivity contribution in [2.24, 2.45) is 5.73 Å². The Morgan fingerprint density at radius 2 is 2.05 bits per heavy atom. The van der Waals surface area contributed by atoms with Gasteiger partial charge in [0.25, 0.3) is 0 Å². The van der Waals surface area contributed by atoms with E-state index in [1.165, 1.54) is 7.11 Å². The van der Waals surface area contributed by atoms with Crippen molar-refractivity contribution in [2.75, 3.05) is 7.11 Å². The standard InChI is InChI=1S/C14H15NO4/c1-18-13-12(9-5-3-2-4-6-9)10(19-14(13)17)7-8-11(15)16/h2-6,10H,7-8H2,1H3,(H2,15,16). The number of nitrogens with two attached hydrogens (primary N) is 1. The number of carbonyl (C=O) groups excluding carboxylic acids is 2. The highest BCUT2D eigenvalue weighted by molar-refractivity contribution is 6.01. The van der Waals surface area contributed by atoms with Crippen LogP contribution < -0.4 is 5.73 Å². The van der Waals surface area contributed by atoms with Gasteiger partial charge in [0, 0.05) is 12.0 Å². The lowest BCUT2D eigenvalue weighted by Crippen LogP contribution is -2.17. The van der Waals surface area contributed by atoms with Gasteiger partial charge in [0.2, 0.25) is 11.7 Å². The molecule has 1 heterocycles. The molecule has 100 valence electrons. The lowest BCUT2D eigenvalue weighted by molar-refractivity contribution is -0.143. The van der Waals surface area contributed by atoms with Gasteiger partial charge in [-0.05, 0) is 12.0 Å². The lowest BCUT2D eigenvalue weighted by atomic mass is 9.97. The molecule has 1 amide bonds. The van der Waals surface area contributed by atoms with E-state index < -0.39 is 18.0 Å². The Kier molecular flexibility index (Phi) is 3.85. The van der Waals surface area contributed by atoms with E-state index in [9.17, 15) is 9.59 Å². The van der Waals surface area contributed by atoms with Crippen LogP contribution >= 0.6 is 0 Å². The van der Waals surface area contributed by atoms with Gasteiger partial charge in [-0.15, -0.1) is 0 Å². The number of benzene rings is 1. The maximum Gasteiger partial charge on any atom is 0.374 e. The monoisotopic (exact) mass is 261 g/mol. The summed E-state index contributed by atoms with van der Waals surface area (Å²) in [6, 6.07) is 9.35. The van der Waals surface area contributed by atoms with Gasteiger partial charge in [-0.2, -0.15) is 0 Å². The molecule has 1 aromatic rings. The number of amides is 1. The first-order valence-electron chi connectivity index (χ1n) is 5.96. The Morgan fingerprint density at radius 3 is 2.63 bits per heavy atom. The van der Waals surface area contributed by atoms with Crippen LogP contribution in [0, 0.1) is 0 Å². The highest BCUT2D eigenvalue weighted by atomic mass is 16.6. The summed E-state index contributed by atoms with van der Waals surface area (Å²) in [7, 11) is 1.43. The zero-order valence-corrected chi connectivity index (χ0v) is 10.6. The number of cyclic esters (lactones) is 1. The molecule has 0 aromatic heterocycles. The molecule has 0 spiro atoms. The third kappa shape index (κ3) is 2.76. The molecule has 0 aliphatic carbocycles. The van der Waals surface area contributed by atoms with E-state index in [0.717, 1.165) is 5.56 Å². The fourth-order valence-electron chi connectivity index (χ4n) is 2.10. The van der Waals surface area contributed by atoms with Crippen molar-refractivity contribution in [3.05, 3.63) is 41.7 Å². The third-order valence-electron chi connectivity index (χ3n) is 2.94. The molecule has 0 fully saturated rings. The summed E-state index contributed by atoms with van der Waals surface area (Å²) in [5, 5.41) is 0. The Balaban J connectivity index is 2.33. The fourth-order valence-corrected chi connectivity index (χ4v) is 2.10. The Morgan fingerprint density at radius 1 is 1.37 bits per heavy atom. The summed E-state index contributed by atoms with van der Waals surface area (Å²) in [4.78, 5) is 22.6. The maximum absolute atomic E-state index is 11.7. The van der Waals surface area contributed by atoms with Gasteiger partial charge >= 0.3 is 5.97 Å². The summed E-state index contributed by atoms with van der Waals surface area (Å²) >= 11 is 0. The average molecular weight is 261 g/mol. The normalized spacial score (nSPS) is 18.4. The van der Waals surface area contributed by atoms with Gasteiger partial charge in [0.15, 0.2) is 0 Å². The highest BCUT2D eigenvalue weighted by Crippen LogP contribution is 2.34. The second-order valence-corrected chi connectivity index (χ2v) is 4.21. The summed E-state index contributed by atoms with van der Waals surface area (Å²) in [5.74, 6) is -0.731. The van der Waals surface area contributed by atoms with Gasteiger partial charge in [-0.1, -0.05) is 30.3 Å². The van der Waals surface area contributed by atoms with Crippen LogP contribution in [0.2, 0.25) is 0 Å². The molecule has 2 rings (SSSR count). The maximum atomic E-state index is 11.7. The van der Waals surface area contributed by atoms with Crippen molar-refractivity contribution in [3.63, 3.8) is 0 Å². The molecular formula is C14H15NO4. The van der Waals surface area contributed by atoms with Crippen molar-refractivity contribution in [1.82, 2.24) is 0 Å². The molecule has 19 heavy (non-hydrogen) atoms.